The van der Waals surface area contributed by atoms with Gasteiger partial charge in [-0.15, -0.1) is 0 Å². The second kappa shape index (κ2) is 6.62. The Balaban J connectivity index is 2.11. The van der Waals surface area contributed by atoms with Crippen molar-refractivity contribution in [2.45, 2.75) is 25.8 Å². The molecule has 0 radical (unpaired) electrons. The summed E-state index contributed by atoms with van der Waals surface area (Å²) in [7, 11) is -3.06. The van der Waals surface area contributed by atoms with Crippen LogP contribution in [-0.4, -0.2) is 43.4 Å². The molecule has 1 aliphatic heterocycles. The summed E-state index contributed by atoms with van der Waals surface area (Å²) in [6, 6.07) is 1.21. The third-order valence-electron chi connectivity index (χ3n) is 3.26. The van der Waals surface area contributed by atoms with Crippen molar-refractivity contribution >= 4 is 33.2 Å². The first-order chi connectivity index (χ1) is 9.91. The number of hydrogen-bond acceptors (Lipinski definition) is 5. The minimum Gasteiger partial charge on any atom is -0.370 e. The zero-order valence-electron chi connectivity index (χ0n) is 11.7. The lowest BCUT2D eigenvalue weighted by molar-refractivity contribution is 0.0938. The molecule has 1 fully saturated rings. The van der Waals surface area contributed by atoms with Crippen LogP contribution in [0.4, 0.5) is 5.82 Å². The van der Waals surface area contributed by atoms with Crippen LogP contribution in [0.3, 0.4) is 0 Å². The molecule has 1 amide bonds. The van der Waals surface area contributed by atoms with Gasteiger partial charge in [-0.1, -0.05) is 11.6 Å². The topological polar surface area (TPSA) is 88.2 Å². The van der Waals surface area contributed by atoms with Gasteiger partial charge in [-0.05, 0) is 25.8 Å². The van der Waals surface area contributed by atoms with E-state index in [1.165, 1.54) is 6.20 Å². The van der Waals surface area contributed by atoms with Crippen molar-refractivity contribution in [3.8, 4) is 0 Å². The predicted molar refractivity (Wildman–Crippen MR) is 82.6 cm³/mol. The van der Waals surface area contributed by atoms with Crippen molar-refractivity contribution in [3.05, 3.63) is 22.8 Å². The molecular weight excluding hydrogens is 314 g/mol. The van der Waals surface area contributed by atoms with Crippen molar-refractivity contribution in [1.29, 1.82) is 0 Å². The molecule has 1 aromatic heterocycles. The quantitative estimate of drug-likeness (QED) is 0.872. The van der Waals surface area contributed by atoms with Gasteiger partial charge >= 0.3 is 0 Å². The van der Waals surface area contributed by atoms with Gasteiger partial charge in [0, 0.05) is 18.8 Å². The highest BCUT2D eigenvalue weighted by atomic mass is 35.5. The number of anilines is 1. The maximum absolute atomic E-state index is 12.3. The van der Waals surface area contributed by atoms with Crippen molar-refractivity contribution in [3.63, 3.8) is 0 Å². The molecule has 0 saturated carbocycles. The van der Waals surface area contributed by atoms with E-state index in [9.17, 15) is 13.2 Å². The number of sulfone groups is 1. The van der Waals surface area contributed by atoms with Crippen LogP contribution in [0, 0.1) is 0 Å². The van der Waals surface area contributed by atoms with Crippen LogP contribution < -0.4 is 10.6 Å². The molecule has 1 atom stereocenters. The standard InChI is InChI=1S/C13H18ClN3O3S/c1-2-15-12-6-10(11(14)7-16-12)13(18)17-9-4-3-5-21(19,20)8-9/h6-7,9H,2-5,8H2,1H3,(H,15,16)(H,17,18). The largest absolute Gasteiger partial charge is 0.370 e. The lowest BCUT2D eigenvalue weighted by atomic mass is 10.1. The van der Waals surface area contributed by atoms with Crippen molar-refractivity contribution in [2.75, 3.05) is 23.4 Å². The highest BCUT2D eigenvalue weighted by Gasteiger charge is 2.26. The molecule has 116 valence electrons. The maximum atomic E-state index is 12.3. The molecule has 6 nitrogen and oxygen atoms in total. The number of aromatic nitrogens is 1. The van der Waals surface area contributed by atoms with E-state index in [0.717, 1.165) is 0 Å². The van der Waals surface area contributed by atoms with Gasteiger partial charge in [-0.3, -0.25) is 4.79 Å². The summed E-state index contributed by atoms with van der Waals surface area (Å²) in [5, 5.41) is 5.99. The molecule has 0 spiro atoms. The fourth-order valence-corrected chi connectivity index (χ4v) is 4.12. The smallest absolute Gasteiger partial charge is 0.253 e. The molecule has 2 N–H and O–H groups in total. The highest BCUT2D eigenvalue weighted by molar-refractivity contribution is 7.91. The summed E-state index contributed by atoms with van der Waals surface area (Å²) < 4.78 is 23.2. The second-order valence-electron chi connectivity index (χ2n) is 5.01. The molecule has 0 aliphatic carbocycles. The first-order valence-corrected chi connectivity index (χ1v) is 9.02. The van der Waals surface area contributed by atoms with Gasteiger partial charge < -0.3 is 10.6 Å². The summed E-state index contributed by atoms with van der Waals surface area (Å²) in [6.45, 7) is 2.60. The van der Waals surface area contributed by atoms with E-state index in [2.05, 4.69) is 15.6 Å². The molecular formula is C13H18ClN3O3S. The number of carbonyl (C=O) groups is 1. The second-order valence-corrected chi connectivity index (χ2v) is 7.64. The Morgan fingerprint density at radius 1 is 1.52 bits per heavy atom. The first kappa shape index (κ1) is 16.0. The molecule has 0 aromatic carbocycles. The number of pyridine rings is 1. The summed E-state index contributed by atoms with van der Waals surface area (Å²) in [4.78, 5) is 16.3. The van der Waals surface area contributed by atoms with E-state index in [1.807, 2.05) is 6.92 Å². The Bertz CT molecular complexity index is 634. The fraction of sp³-hybridized carbons (Fsp3) is 0.538. The van der Waals surface area contributed by atoms with E-state index in [1.54, 1.807) is 6.07 Å². The van der Waals surface area contributed by atoms with Gasteiger partial charge in [0.05, 0.1) is 22.1 Å². The minimum atomic E-state index is -3.06. The Morgan fingerprint density at radius 3 is 2.95 bits per heavy atom. The number of halogens is 1. The highest BCUT2D eigenvalue weighted by Crippen LogP contribution is 2.19. The molecule has 2 heterocycles. The zero-order chi connectivity index (χ0) is 15.5. The van der Waals surface area contributed by atoms with E-state index in [-0.39, 0.29) is 28.5 Å². The van der Waals surface area contributed by atoms with Gasteiger partial charge in [0.2, 0.25) is 0 Å². The fourth-order valence-electron chi connectivity index (χ4n) is 2.29. The van der Waals surface area contributed by atoms with Crippen LogP contribution >= 0.6 is 11.6 Å². The molecule has 0 bridgehead atoms. The van der Waals surface area contributed by atoms with Crippen LogP contribution in [0.2, 0.25) is 5.02 Å². The van der Waals surface area contributed by atoms with Crippen molar-refractivity contribution in [1.82, 2.24) is 10.3 Å². The first-order valence-electron chi connectivity index (χ1n) is 6.82. The monoisotopic (exact) mass is 331 g/mol. The summed E-state index contributed by atoms with van der Waals surface area (Å²) in [5.41, 5.74) is 0.297. The number of amides is 1. The zero-order valence-corrected chi connectivity index (χ0v) is 13.3. The Hall–Kier alpha value is -1.34. The Morgan fingerprint density at radius 2 is 2.29 bits per heavy atom. The number of rotatable bonds is 4. The van der Waals surface area contributed by atoms with Crippen molar-refractivity contribution in [2.24, 2.45) is 0 Å². The van der Waals surface area contributed by atoms with Gasteiger partial charge in [-0.25, -0.2) is 13.4 Å². The molecule has 1 aliphatic rings. The average Bonchev–Trinajstić information content (AvgIpc) is 2.40. The third-order valence-corrected chi connectivity index (χ3v) is 5.38. The van der Waals surface area contributed by atoms with Gasteiger partial charge in [0.25, 0.3) is 5.91 Å². The lowest BCUT2D eigenvalue weighted by Gasteiger charge is -2.23. The van der Waals surface area contributed by atoms with Crippen LogP contribution in [0.15, 0.2) is 12.3 Å². The molecule has 2 rings (SSSR count). The predicted octanol–water partition coefficient (Wildman–Crippen LogP) is 1.47. The summed E-state index contributed by atoms with van der Waals surface area (Å²) in [5.74, 6) is 0.369. The van der Waals surface area contributed by atoms with E-state index in [4.69, 9.17) is 11.6 Å². The molecule has 1 saturated heterocycles. The number of carbonyl (C=O) groups excluding carboxylic acids is 1. The van der Waals surface area contributed by atoms with Crippen LogP contribution in [0.25, 0.3) is 0 Å². The van der Waals surface area contributed by atoms with Gasteiger partial charge in [0.15, 0.2) is 9.84 Å². The maximum Gasteiger partial charge on any atom is 0.253 e. The third kappa shape index (κ3) is 4.31. The van der Waals surface area contributed by atoms with Crippen LogP contribution in [0.1, 0.15) is 30.1 Å². The van der Waals surface area contributed by atoms with Crippen LogP contribution in [0.5, 0.6) is 0 Å². The van der Waals surface area contributed by atoms with Crippen molar-refractivity contribution < 1.29 is 13.2 Å². The number of hydrogen-bond donors (Lipinski definition) is 2. The Labute approximate surface area is 129 Å². The minimum absolute atomic E-state index is 0.0124. The van der Waals surface area contributed by atoms with Crippen LogP contribution in [-0.2, 0) is 9.84 Å². The molecule has 1 unspecified atom stereocenters. The van der Waals surface area contributed by atoms with Gasteiger partial charge in [-0.2, -0.15) is 0 Å². The van der Waals surface area contributed by atoms with E-state index in [0.29, 0.717) is 30.8 Å². The average molecular weight is 332 g/mol. The molecule has 8 heteroatoms. The lowest BCUT2D eigenvalue weighted by Crippen LogP contribution is -2.43. The SMILES string of the molecule is CCNc1cc(C(=O)NC2CCCS(=O)(=O)C2)c(Cl)cn1. The summed E-state index contributed by atoms with van der Waals surface area (Å²) >= 11 is 6.00. The molecule has 21 heavy (non-hydrogen) atoms. The number of nitrogens with zero attached hydrogens (tertiary/aromatic N) is 1. The van der Waals surface area contributed by atoms with Gasteiger partial charge in [0.1, 0.15) is 5.82 Å². The van der Waals surface area contributed by atoms with E-state index < -0.39 is 9.84 Å². The molecule has 1 aromatic rings. The summed E-state index contributed by atoms with van der Waals surface area (Å²) in [6.07, 6.45) is 2.64. The Kier molecular flexibility index (Phi) is 5.05. The number of nitrogens with one attached hydrogen (secondary N) is 2. The normalized spacial score (nSPS) is 20.8. The van der Waals surface area contributed by atoms with E-state index >= 15 is 0 Å².